The standard InChI is InChI=1S/C12H14ClN3O2/c1-6-2-10(17)15-16-11(6)7-3-8(5-14)12(18)9(13)4-7/h3-4,6,18H,2,5,14H2,1H3,(H,15,17). The van der Waals surface area contributed by atoms with Crippen molar-refractivity contribution in [3.8, 4) is 5.75 Å². The minimum atomic E-state index is -0.102. The fourth-order valence-electron chi connectivity index (χ4n) is 1.96. The predicted molar refractivity (Wildman–Crippen MR) is 69.5 cm³/mol. The van der Waals surface area contributed by atoms with Gasteiger partial charge in [0.15, 0.2) is 0 Å². The predicted octanol–water partition coefficient (Wildman–Crippen LogP) is 1.36. The molecule has 1 heterocycles. The number of nitrogens with two attached hydrogens (primary N) is 1. The molecular formula is C12H14ClN3O2. The molecule has 1 aromatic rings. The number of nitrogens with one attached hydrogen (secondary N) is 1. The molecule has 1 aliphatic rings. The van der Waals surface area contributed by atoms with E-state index in [1.807, 2.05) is 6.92 Å². The van der Waals surface area contributed by atoms with Crippen molar-refractivity contribution in [3.05, 3.63) is 28.3 Å². The van der Waals surface area contributed by atoms with Gasteiger partial charge in [0.2, 0.25) is 5.91 Å². The van der Waals surface area contributed by atoms with E-state index in [1.54, 1.807) is 12.1 Å². The average molecular weight is 268 g/mol. The van der Waals surface area contributed by atoms with Crippen LogP contribution in [0.5, 0.6) is 5.75 Å². The molecule has 0 radical (unpaired) electrons. The third-order valence-electron chi connectivity index (χ3n) is 2.92. The van der Waals surface area contributed by atoms with Crippen LogP contribution in [0.3, 0.4) is 0 Å². The highest BCUT2D eigenvalue weighted by Crippen LogP contribution is 2.30. The average Bonchev–Trinajstić information content (AvgIpc) is 2.32. The summed E-state index contributed by atoms with van der Waals surface area (Å²) >= 11 is 5.95. The highest BCUT2D eigenvalue weighted by molar-refractivity contribution is 6.32. The van der Waals surface area contributed by atoms with E-state index < -0.39 is 0 Å². The first kappa shape index (κ1) is 12.9. The smallest absolute Gasteiger partial charge is 0.240 e. The van der Waals surface area contributed by atoms with Gasteiger partial charge in [-0.15, -0.1) is 0 Å². The molecule has 0 bridgehead atoms. The number of aromatic hydroxyl groups is 1. The fourth-order valence-corrected chi connectivity index (χ4v) is 2.20. The second-order valence-electron chi connectivity index (χ2n) is 4.31. The molecule has 0 saturated heterocycles. The number of rotatable bonds is 2. The summed E-state index contributed by atoms with van der Waals surface area (Å²) in [6, 6.07) is 3.37. The van der Waals surface area contributed by atoms with Crippen molar-refractivity contribution in [2.45, 2.75) is 19.9 Å². The minimum absolute atomic E-state index is 0.00369. The molecule has 0 aromatic heterocycles. The van der Waals surface area contributed by atoms with Crippen LogP contribution in [-0.4, -0.2) is 16.7 Å². The van der Waals surface area contributed by atoms with Gasteiger partial charge in [-0.2, -0.15) is 5.10 Å². The van der Waals surface area contributed by atoms with Crippen LogP contribution in [0, 0.1) is 5.92 Å². The van der Waals surface area contributed by atoms with Crippen LogP contribution >= 0.6 is 11.6 Å². The van der Waals surface area contributed by atoms with Crippen molar-refractivity contribution in [1.29, 1.82) is 0 Å². The Hall–Kier alpha value is -1.59. The van der Waals surface area contributed by atoms with E-state index in [0.29, 0.717) is 12.0 Å². The normalized spacial score (nSPS) is 19.4. The number of amides is 1. The summed E-state index contributed by atoms with van der Waals surface area (Å²) < 4.78 is 0. The maximum atomic E-state index is 11.2. The van der Waals surface area contributed by atoms with Crippen LogP contribution in [-0.2, 0) is 11.3 Å². The fraction of sp³-hybridized carbons (Fsp3) is 0.333. The van der Waals surface area contributed by atoms with E-state index >= 15 is 0 Å². The lowest BCUT2D eigenvalue weighted by atomic mass is 9.93. The van der Waals surface area contributed by atoms with Gasteiger partial charge in [-0.05, 0) is 12.1 Å². The zero-order valence-electron chi connectivity index (χ0n) is 9.90. The lowest BCUT2D eigenvalue weighted by Crippen LogP contribution is -2.32. The first-order chi connectivity index (χ1) is 8.52. The maximum Gasteiger partial charge on any atom is 0.240 e. The van der Waals surface area contributed by atoms with E-state index in [0.717, 1.165) is 11.3 Å². The molecule has 5 nitrogen and oxygen atoms in total. The molecule has 1 aliphatic heterocycles. The number of hydrogen-bond acceptors (Lipinski definition) is 4. The van der Waals surface area contributed by atoms with E-state index in [2.05, 4.69) is 10.5 Å². The maximum absolute atomic E-state index is 11.2. The Morgan fingerprint density at radius 2 is 2.33 bits per heavy atom. The number of phenols is 1. The Morgan fingerprint density at radius 1 is 1.61 bits per heavy atom. The van der Waals surface area contributed by atoms with Gasteiger partial charge in [0.1, 0.15) is 5.75 Å². The van der Waals surface area contributed by atoms with Crippen molar-refractivity contribution in [3.63, 3.8) is 0 Å². The molecule has 2 rings (SSSR count). The van der Waals surface area contributed by atoms with Crippen molar-refractivity contribution < 1.29 is 9.90 Å². The molecule has 1 aromatic carbocycles. The SMILES string of the molecule is CC1CC(=O)NN=C1c1cc(Cl)c(O)c(CN)c1. The van der Waals surface area contributed by atoms with Gasteiger partial charge in [0.05, 0.1) is 10.7 Å². The third kappa shape index (κ3) is 2.32. The van der Waals surface area contributed by atoms with Crippen LogP contribution in [0.15, 0.2) is 17.2 Å². The highest BCUT2D eigenvalue weighted by Gasteiger charge is 2.22. The number of hydrogen-bond donors (Lipinski definition) is 3. The summed E-state index contributed by atoms with van der Waals surface area (Å²) in [5.41, 5.74) is 10.1. The number of carbonyl (C=O) groups excluding carboxylic acids is 1. The summed E-state index contributed by atoms with van der Waals surface area (Å²) in [4.78, 5) is 11.2. The number of benzene rings is 1. The van der Waals surface area contributed by atoms with E-state index in [-0.39, 0.29) is 29.1 Å². The number of halogens is 1. The zero-order chi connectivity index (χ0) is 13.3. The van der Waals surface area contributed by atoms with Gasteiger partial charge in [0, 0.05) is 30.0 Å². The van der Waals surface area contributed by atoms with Crippen molar-refractivity contribution in [2.24, 2.45) is 16.8 Å². The Kier molecular flexibility index (Phi) is 3.54. The minimum Gasteiger partial charge on any atom is -0.506 e. The van der Waals surface area contributed by atoms with E-state index in [1.165, 1.54) is 0 Å². The summed E-state index contributed by atoms with van der Waals surface area (Å²) in [5, 5.41) is 14.0. The second-order valence-corrected chi connectivity index (χ2v) is 4.71. The molecule has 1 atom stereocenters. The molecule has 0 aliphatic carbocycles. The number of hydrazone groups is 1. The van der Waals surface area contributed by atoms with Gasteiger partial charge in [0.25, 0.3) is 0 Å². The van der Waals surface area contributed by atoms with Crippen molar-refractivity contribution in [1.82, 2.24) is 5.43 Å². The van der Waals surface area contributed by atoms with Crippen LogP contribution in [0.1, 0.15) is 24.5 Å². The molecule has 0 spiro atoms. The molecule has 1 amide bonds. The Bertz CT molecular complexity index is 528. The zero-order valence-corrected chi connectivity index (χ0v) is 10.7. The van der Waals surface area contributed by atoms with Crippen LogP contribution < -0.4 is 11.2 Å². The van der Waals surface area contributed by atoms with Gasteiger partial charge < -0.3 is 10.8 Å². The summed E-state index contributed by atoms with van der Waals surface area (Å²) in [6.45, 7) is 2.11. The van der Waals surface area contributed by atoms with Gasteiger partial charge in [-0.3, -0.25) is 4.79 Å². The largest absolute Gasteiger partial charge is 0.506 e. The number of carbonyl (C=O) groups is 1. The summed E-state index contributed by atoms with van der Waals surface area (Å²) in [7, 11) is 0. The first-order valence-electron chi connectivity index (χ1n) is 5.61. The lowest BCUT2D eigenvalue weighted by Gasteiger charge is -2.20. The van der Waals surface area contributed by atoms with Crippen LogP contribution in [0.25, 0.3) is 0 Å². The Labute approximate surface area is 110 Å². The van der Waals surface area contributed by atoms with E-state index in [9.17, 15) is 9.90 Å². The molecule has 0 fully saturated rings. The Morgan fingerprint density at radius 3 is 2.94 bits per heavy atom. The molecule has 18 heavy (non-hydrogen) atoms. The number of nitrogens with zero attached hydrogens (tertiary/aromatic N) is 1. The van der Waals surface area contributed by atoms with Gasteiger partial charge >= 0.3 is 0 Å². The molecule has 1 unspecified atom stereocenters. The van der Waals surface area contributed by atoms with Gasteiger partial charge in [-0.25, -0.2) is 5.43 Å². The lowest BCUT2D eigenvalue weighted by molar-refractivity contribution is -0.121. The second kappa shape index (κ2) is 4.96. The number of phenolic OH excluding ortho intramolecular Hbond substituents is 1. The monoisotopic (exact) mass is 267 g/mol. The van der Waals surface area contributed by atoms with Crippen molar-refractivity contribution >= 4 is 23.2 Å². The molecule has 96 valence electrons. The highest BCUT2D eigenvalue weighted by atomic mass is 35.5. The molecule has 0 saturated carbocycles. The molecular weight excluding hydrogens is 254 g/mol. The first-order valence-corrected chi connectivity index (χ1v) is 5.99. The molecule has 4 N–H and O–H groups in total. The van der Waals surface area contributed by atoms with Gasteiger partial charge in [-0.1, -0.05) is 18.5 Å². The van der Waals surface area contributed by atoms with Crippen LogP contribution in [0.4, 0.5) is 0 Å². The quantitative estimate of drug-likeness (QED) is 0.756. The third-order valence-corrected chi connectivity index (χ3v) is 3.21. The topological polar surface area (TPSA) is 87.7 Å². The van der Waals surface area contributed by atoms with E-state index in [4.69, 9.17) is 17.3 Å². The Balaban J connectivity index is 2.45. The van der Waals surface area contributed by atoms with Crippen LogP contribution in [0.2, 0.25) is 5.02 Å². The molecule has 6 heteroatoms. The summed E-state index contributed by atoms with van der Waals surface area (Å²) in [6.07, 6.45) is 0.384. The van der Waals surface area contributed by atoms with Crippen molar-refractivity contribution in [2.75, 3.05) is 0 Å². The summed E-state index contributed by atoms with van der Waals surface area (Å²) in [5.74, 6) is -0.101.